The van der Waals surface area contributed by atoms with Crippen molar-refractivity contribution < 1.29 is 14.7 Å². The van der Waals surface area contributed by atoms with Gasteiger partial charge in [0.2, 0.25) is 11.8 Å². The third-order valence-corrected chi connectivity index (χ3v) is 3.85. The number of carbonyl (C=O) groups excluding carboxylic acids is 2. The molecule has 0 spiro atoms. The standard InChI is InChI=1S/C16H30N2O3/c1-6-17(11-16(4,5)21)15(20)13-8-7-9-18(10-13)14(19)12(2)3/h12-13,21H,6-11H2,1-5H3. The highest BCUT2D eigenvalue weighted by atomic mass is 16.3. The Hall–Kier alpha value is -1.10. The van der Waals surface area contributed by atoms with E-state index in [9.17, 15) is 14.7 Å². The first-order valence-corrected chi connectivity index (χ1v) is 7.95. The molecule has 0 aromatic heterocycles. The van der Waals surface area contributed by atoms with Gasteiger partial charge >= 0.3 is 0 Å². The van der Waals surface area contributed by atoms with E-state index in [0.717, 1.165) is 19.4 Å². The molecule has 5 heteroatoms. The van der Waals surface area contributed by atoms with Crippen molar-refractivity contribution in [1.29, 1.82) is 0 Å². The molecule has 122 valence electrons. The summed E-state index contributed by atoms with van der Waals surface area (Å²) >= 11 is 0. The Morgan fingerprint density at radius 2 is 2.00 bits per heavy atom. The summed E-state index contributed by atoms with van der Waals surface area (Å²) < 4.78 is 0. The van der Waals surface area contributed by atoms with Crippen LogP contribution in [0.5, 0.6) is 0 Å². The minimum absolute atomic E-state index is 0.0301. The first-order chi connectivity index (χ1) is 9.65. The maximum atomic E-state index is 12.6. The Kier molecular flexibility index (Phi) is 6.20. The molecule has 1 unspecified atom stereocenters. The predicted octanol–water partition coefficient (Wildman–Crippen LogP) is 1.50. The van der Waals surface area contributed by atoms with Crippen LogP contribution in [-0.2, 0) is 9.59 Å². The molecule has 1 saturated heterocycles. The highest BCUT2D eigenvalue weighted by Gasteiger charge is 2.32. The minimum atomic E-state index is -0.895. The number of likely N-dealkylation sites (N-methyl/N-ethyl adjacent to an activating group) is 1. The number of hydrogen-bond acceptors (Lipinski definition) is 3. The summed E-state index contributed by atoms with van der Waals surface area (Å²) in [5, 5.41) is 9.92. The molecule has 0 radical (unpaired) electrons. The lowest BCUT2D eigenvalue weighted by atomic mass is 9.95. The van der Waals surface area contributed by atoms with Gasteiger partial charge in [-0.3, -0.25) is 9.59 Å². The van der Waals surface area contributed by atoms with Gasteiger partial charge in [0.05, 0.1) is 11.5 Å². The van der Waals surface area contributed by atoms with Crippen molar-refractivity contribution >= 4 is 11.8 Å². The third-order valence-electron chi connectivity index (χ3n) is 3.85. The van der Waals surface area contributed by atoms with Gasteiger partial charge in [-0.15, -0.1) is 0 Å². The van der Waals surface area contributed by atoms with Crippen molar-refractivity contribution in [2.45, 2.75) is 53.1 Å². The van der Waals surface area contributed by atoms with E-state index in [2.05, 4.69) is 0 Å². The number of likely N-dealkylation sites (tertiary alicyclic amines) is 1. The van der Waals surface area contributed by atoms with Gasteiger partial charge in [-0.05, 0) is 33.6 Å². The van der Waals surface area contributed by atoms with Crippen LogP contribution in [0.4, 0.5) is 0 Å². The number of carbonyl (C=O) groups is 2. The maximum absolute atomic E-state index is 12.6. The zero-order chi connectivity index (χ0) is 16.2. The monoisotopic (exact) mass is 298 g/mol. The fourth-order valence-electron chi connectivity index (χ4n) is 2.81. The number of nitrogens with zero attached hydrogens (tertiary/aromatic N) is 2. The third kappa shape index (κ3) is 5.30. The topological polar surface area (TPSA) is 60.9 Å². The van der Waals surface area contributed by atoms with E-state index < -0.39 is 5.60 Å². The number of amides is 2. The Morgan fingerprint density at radius 3 is 2.48 bits per heavy atom. The van der Waals surface area contributed by atoms with Crippen LogP contribution < -0.4 is 0 Å². The molecule has 1 N–H and O–H groups in total. The second-order valence-corrected chi connectivity index (χ2v) is 6.94. The largest absolute Gasteiger partial charge is 0.389 e. The van der Waals surface area contributed by atoms with Gasteiger partial charge in [-0.1, -0.05) is 13.8 Å². The molecule has 1 atom stereocenters. The van der Waals surface area contributed by atoms with Crippen molar-refractivity contribution in [3.63, 3.8) is 0 Å². The van der Waals surface area contributed by atoms with E-state index in [1.165, 1.54) is 0 Å². The van der Waals surface area contributed by atoms with E-state index >= 15 is 0 Å². The number of hydrogen-bond donors (Lipinski definition) is 1. The summed E-state index contributed by atoms with van der Waals surface area (Å²) in [7, 11) is 0. The molecule has 5 nitrogen and oxygen atoms in total. The molecule has 1 rings (SSSR count). The summed E-state index contributed by atoms with van der Waals surface area (Å²) in [5.41, 5.74) is -0.895. The molecule has 2 amide bonds. The Labute approximate surface area is 128 Å². The predicted molar refractivity (Wildman–Crippen MR) is 82.7 cm³/mol. The molecule has 1 fully saturated rings. The van der Waals surface area contributed by atoms with Gasteiger partial charge in [0, 0.05) is 32.1 Å². The second kappa shape index (κ2) is 7.25. The molecule has 0 aliphatic carbocycles. The lowest BCUT2D eigenvalue weighted by molar-refractivity contribution is -0.144. The van der Waals surface area contributed by atoms with Crippen LogP contribution in [0.1, 0.15) is 47.5 Å². The van der Waals surface area contributed by atoms with Crippen molar-refractivity contribution in [2.24, 2.45) is 11.8 Å². The molecular formula is C16H30N2O3. The van der Waals surface area contributed by atoms with E-state index in [1.54, 1.807) is 18.7 Å². The van der Waals surface area contributed by atoms with Gasteiger partial charge in [0.25, 0.3) is 0 Å². The van der Waals surface area contributed by atoms with E-state index in [4.69, 9.17) is 0 Å². The first-order valence-electron chi connectivity index (χ1n) is 7.95. The van der Waals surface area contributed by atoms with Gasteiger partial charge in [0.1, 0.15) is 0 Å². The lowest BCUT2D eigenvalue weighted by Gasteiger charge is -2.37. The summed E-state index contributed by atoms with van der Waals surface area (Å²) in [5.74, 6) is 0.0140. The van der Waals surface area contributed by atoms with Crippen LogP contribution in [0.2, 0.25) is 0 Å². The summed E-state index contributed by atoms with van der Waals surface area (Å²) in [6, 6.07) is 0. The Balaban J connectivity index is 2.70. The average molecular weight is 298 g/mol. The highest BCUT2D eigenvalue weighted by Crippen LogP contribution is 2.21. The Bertz CT molecular complexity index is 374. The van der Waals surface area contributed by atoms with E-state index in [0.29, 0.717) is 19.6 Å². The zero-order valence-corrected chi connectivity index (χ0v) is 14.1. The molecular weight excluding hydrogens is 268 g/mol. The van der Waals surface area contributed by atoms with E-state index in [-0.39, 0.29) is 23.7 Å². The van der Waals surface area contributed by atoms with Crippen molar-refractivity contribution in [1.82, 2.24) is 9.80 Å². The number of aliphatic hydroxyl groups is 1. The summed E-state index contributed by atoms with van der Waals surface area (Å²) in [6.07, 6.45) is 1.69. The zero-order valence-electron chi connectivity index (χ0n) is 14.1. The molecule has 0 aromatic rings. The molecule has 0 saturated carbocycles. The number of rotatable bonds is 5. The van der Waals surface area contributed by atoms with Gasteiger partial charge < -0.3 is 14.9 Å². The normalized spacial score (nSPS) is 19.8. The number of piperidine rings is 1. The molecule has 1 aliphatic rings. The first kappa shape index (κ1) is 18.0. The fourth-order valence-corrected chi connectivity index (χ4v) is 2.81. The summed E-state index contributed by atoms with van der Waals surface area (Å²) in [6.45, 7) is 11.3. The molecule has 1 aliphatic heterocycles. The van der Waals surface area contributed by atoms with Crippen LogP contribution in [0.15, 0.2) is 0 Å². The average Bonchev–Trinajstić information content (AvgIpc) is 2.42. The van der Waals surface area contributed by atoms with E-state index in [1.807, 2.05) is 25.7 Å². The van der Waals surface area contributed by atoms with Crippen LogP contribution in [0.3, 0.4) is 0 Å². The van der Waals surface area contributed by atoms with Crippen LogP contribution in [-0.4, -0.2) is 58.5 Å². The van der Waals surface area contributed by atoms with Crippen LogP contribution in [0, 0.1) is 11.8 Å². The van der Waals surface area contributed by atoms with Gasteiger partial charge in [0.15, 0.2) is 0 Å². The molecule has 21 heavy (non-hydrogen) atoms. The maximum Gasteiger partial charge on any atom is 0.227 e. The van der Waals surface area contributed by atoms with Gasteiger partial charge in [-0.25, -0.2) is 0 Å². The minimum Gasteiger partial charge on any atom is -0.389 e. The molecule has 1 heterocycles. The van der Waals surface area contributed by atoms with Gasteiger partial charge in [-0.2, -0.15) is 0 Å². The smallest absolute Gasteiger partial charge is 0.227 e. The van der Waals surface area contributed by atoms with Crippen molar-refractivity contribution in [2.75, 3.05) is 26.2 Å². The van der Waals surface area contributed by atoms with Crippen LogP contribution in [0.25, 0.3) is 0 Å². The lowest BCUT2D eigenvalue weighted by Crippen LogP contribution is -2.50. The van der Waals surface area contributed by atoms with Crippen molar-refractivity contribution in [3.8, 4) is 0 Å². The second-order valence-electron chi connectivity index (χ2n) is 6.94. The molecule has 0 bridgehead atoms. The highest BCUT2D eigenvalue weighted by molar-refractivity contribution is 5.82. The molecule has 0 aromatic carbocycles. The van der Waals surface area contributed by atoms with Crippen LogP contribution >= 0.6 is 0 Å². The fraction of sp³-hybridized carbons (Fsp3) is 0.875. The van der Waals surface area contributed by atoms with Crippen molar-refractivity contribution in [3.05, 3.63) is 0 Å². The Morgan fingerprint density at radius 1 is 1.38 bits per heavy atom. The summed E-state index contributed by atoms with van der Waals surface area (Å²) in [4.78, 5) is 28.2. The quantitative estimate of drug-likeness (QED) is 0.837. The SMILES string of the molecule is CCN(CC(C)(C)O)C(=O)C1CCCN(C(=O)C(C)C)C1.